The number of piperazine rings is 1. The molecular weight excluding hydrogens is 279 g/mol. The normalized spacial score (nSPS) is 17.4. The van der Waals surface area contributed by atoms with Gasteiger partial charge in [0, 0.05) is 0 Å². The van der Waals surface area contributed by atoms with Crippen LogP contribution in [0, 0.1) is 0 Å². The summed E-state index contributed by atoms with van der Waals surface area (Å²) in [4.78, 5) is 13.3. The predicted octanol–water partition coefficient (Wildman–Crippen LogP) is -0.961. The fourth-order valence-electron chi connectivity index (χ4n) is 1.94. The van der Waals surface area contributed by atoms with Crippen LogP contribution in [0.1, 0.15) is 0 Å². The molecule has 0 aromatic carbocycles. The molecule has 92 valence electrons. The number of anilines is 1. The molecule has 2 radical (unpaired) electrons. The molecule has 0 spiro atoms. The molecule has 6 heteroatoms. The number of hydrogen-bond donors (Lipinski definition) is 0. The van der Waals surface area contributed by atoms with Crippen molar-refractivity contribution in [2.75, 3.05) is 51.3 Å². The first-order chi connectivity index (χ1) is 8.29. The van der Waals surface area contributed by atoms with E-state index in [0.29, 0.717) is 0 Å². The Balaban J connectivity index is 1.86. The van der Waals surface area contributed by atoms with E-state index in [1.165, 1.54) is 0 Å². The average Bonchev–Trinajstić information content (AvgIpc) is 2.37. The third-order valence-electron chi connectivity index (χ3n) is 2.94. The van der Waals surface area contributed by atoms with Crippen molar-refractivity contribution in [2.45, 2.75) is 0 Å². The minimum absolute atomic E-state index is 0.775. The summed E-state index contributed by atoms with van der Waals surface area (Å²) < 4.78 is 5.87. The molecule has 0 atom stereocenters. The molecule has 0 bridgehead atoms. The van der Waals surface area contributed by atoms with Gasteiger partial charge in [-0.05, 0) is 0 Å². The molecule has 0 N–H and O–H groups in total. The maximum absolute atomic E-state index is 5.09. The van der Waals surface area contributed by atoms with Crippen LogP contribution in [-0.4, -0.2) is 78.2 Å². The Kier molecular flexibility index (Phi) is 4.77. The van der Waals surface area contributed by atoms with Gasteiger partial charge in [0.25, 0.3) is 0 Å². The average molecular weight is 296 g/mol. The van der Waals surface area contributed by atoms with Gasteiger partial charge in [-0.2, -0.15) is 0 Å². The monoisotopic (exact) mass is 296 g/mol. The van der Waals surface area contributed by atoms with Crippen LogP contribution in [0.5, 0.6) is 0 Å². The van der Waals surface area contributed by atoms with Gasteiger partial charge in [0.2, 0.25) is 0 Å². The van der Waals surface area contributed by atoms with E-state index in [2.05, 4.69) is 36.6 Å². The predicted molar refractivity (Wildman–Crippen MR) is 67.9 cm³/mol. The quantitative estimate of drug-likeness (QED) is 0.670. The van der Waals surface area contributed by atoms with E-state index in [1.54, 1.807) is 7.11 Å². The Bertz CT molecular complexity index is 355. The molecule has 1 saturated heterocycles. The van der Waals surface area contributed by atoms with Gasteiger partial charge in [0.15, 0.2) is 0 Å². The molecule has 1 fully saturated rings. The zero-order chi connectivity index (χ0) is 12.1. The Hall–Kier alpha value is -0.642. The Labute approximate surface area is 111 Å². The molecule has 1 aliphatic rings. The van der Waals surface area contributed by atoms with Crippen LogP contribution < -0.4 is 9.51 Å². The van der Waals surface area contributed by atoms with Gasteiger partial charge in [0.1, 0.15) is 0 Å². The van der Waals surface area contributed by atoms with E-state index < -0.39 is 0 Å². The summed E-state index contributed by atoms with van der Waals surface area (Å²) in [6.07, 6.45) is 1.81. The van der Waals surface area contributed by atoms with Crippen molar-refractivity contribution in [3.8, 4) is 0 Å². The summed E-state index contributed by atoms with van der Waals surface area (Å²) >= 11 is 2.39. The van der Waals surface area contributed by atoms with Gasteiger partial charge in [0.05, 0.1) is 0 Å². The number of rotatable bonds is 4. The van der Waals surface area contributed by atoms with Crippen molar-refractivity contribution in [3.63, 3.8) is 0 Å². The van der Waals surface area contributed by atoms with Crippen molar-refractivity contribution >= 4 is 27.3 Å². The molecular formula is C11H17AsN4O. The molecule has 1 aromatic rings. The van der Waals surface area contributed by atoms with Crippen molar-refractivity contribution in [1.82, 2.24) is 14.9 Å². The van der Waals surface area contributed by atoms with Gasteiger partial charge in [-0.15, -0.1) is 0 Å². The summed E-state index contributed by atoms with van der Waals surface area (Å²) in [6, 6.07) is 1.97. The summed E-state index contributed by atoms with van der Waals surface area (Å²) in [5, 5.41) is 0. The summed E-state index contributed by atoms with van der Waals surface area (Å²) in [5.74, 6) is 1.03. The zero-order valence-electron chi connectivity index (χ0n) is 10.0. The second kappa shape index (κ2) is 6.33. The molecule has 0 aliphatic carbocycles. The van der Waals surface area contributed by atoms with E-state index in [1.807, 2.05) is 12.3 Å². The number of ether oxygens (including phenoxy) is 1. The van der Waals surface area contributed by atoms with E-state index in [9.17, 15) is 0 Å². The number of aromatic nitrogens is 2. The summed E-state index contributed by atoms with van der Waals surface area (Å²) in [5.41, 5.74) is 0. The second-order valence-corrected chi connectivity index (χ2v) is 4.88. The van der Waals surface area contributed by atoms with Crippen LogP contribution in [0.3, 0.4) is 0 Å². The Morgan fingerprint density at radius 1 is 1.35 bits per heavy atom. The minimum atomic E-state index is 0.775. The molecule has 1 aromatic heterocycles. The first-order valence-corrected chi connectivity index (χ1v) is 6.71. The van der Waals surface area contributed by atoms with Crippen LogP contribution in [0.4, 0.5) is 5.82 Å². The van der Waals surface area contributed by atoms with E-state index in [4.69, 9.17) is 4.74 Å². The van der Waals surface area contributed by atoms with Crippen LogP contribution in [0.25, 0.3) is 0 Å². The molecule has 0 saturated carbocycles. The van der Waals surface area contributed by atoms with Gasteiger partial charge < -0.3 is 0 Å². The maximum atomic E-state index is 5.09. The van der Waals surface area contributed by atoms with Crippen LogP contribution in [0.15, 0.2) is 12.3 Å². The van der Waals surface area contributed by atoms with Crippen LogP contribution in [-0.2, 0) is 4.74 Å². The molecule has 17 heavy (non-hydrogen) atoms. The molecule has 2 rings (SSSR count). The fourth-order valence-corrected chi connectivity index (χ4v) is 2.29. The molecule has 2 heterocycles. The van der Waals surface area contributed by atoms with Gasteiger partial charge in [-0.1, -0.05) is 0 Å². The fraction of sp³-hybridized carbons (Fsp3) is 0.636. The number of hydrogen-bond acceptors (Lipinski definition) is 5. The van der Waals surface area contributed by atoms with Gasteiger partial charge in [-0.25, -0.2) is 0 Å². The molecule has 5 nitrogen and oxygen atoms in total. The SMILES string of the molecule is COCCN1CCN(c2ccnc([As])n2)CC1. The summed E-state index contributed by atoms with van der Waals surface area (Å²) in [6.45, 7) is 6.01. The van der Waals surface area contributed by atoms with E-state index in [-0.39, 0.29) is 0 Å². The molecule has 1 aliphatic heterocycles. The van der Waals surface area contributed by atoms with E-state index in [0.717, 1.165) is 49.8 Å². The zero-order valence-corrected chi connectivity index (χ0v) is 11.9. The Morgan fingerprint density at radius 3 is 2.76 bits per heavy atom. The van der Waals surface area contributed by atoms with Crippen LogP contribution >= 0.6 is 0 Å². The third kappa shape index (κ3) is 3.66. The third-order valence-corrected chi connectivity index (χ3v) is 3.39. The number of nitrogens with zero attached hydrogens (tertiary/aromatic N) is 4. The molecule has 0 unspecified atom stereocenters. The summed E-state index contributed by atoms with van der Waals surface area (Å²) in [7, 11) is 1.75. The molecule has 0 amide bonds. The Morgan fingerprint density at radius 2 is 2.12 bits per heavy atom. The van der Waals surface area contributed by atoms with E-state index >= 15 is 0 Å². The standard InChI is InChI=1S/C11H17AsN4O/c1-17-9-8-15-4-6-16(7-5-15)10-2-3-13-11(12)14-10/h2-3H,4-9H2,1H3. The van der Waals surface area contributed by atoms with Crippen molar-refractivity contribution in [2.24, 2.45) is 0 Å². The number of methoxy groups -OCH3 is 1. The topological polar surface area (TPSA) is 41.5 Å². The second-order valence-electron chi connectivity index (χ2n) is 4.04. The van der Waals surface area contributed by atoms with Crippen molar-refractivity contribution in [3.05, 3.63) is 12.3 Å². The van der Waals surface area contributed by atoms with Crippen LogP contribution in [0.2, 0.25) is 0 Å². The van der Waals surface area contributed by atoms with Crippen molar-refractivity contribution in [1.29, 1.82) is 0 Å². The first-order valence-electron chi connectivity index (χ1n) is 5.78. The first kappa shape index (κ1) is 12.8. The van der Waals surface area contributed by atoms with Gasteiger partial charge in [-0.3, -0.25) is 0 Å². The van der Waals surface area contributed by atoms with Gasteiger partial charge >= 0.3 is 110 Å². The van der Waals surface area contributed by atoms with Crippen molar-refractivity contribution < 1.29 is 4.74 Å².